The zero-order valence-electron chi connectivity index (χ0n) is 13.3. The van der Waals surface area contributed by atoms with Crippen LogP contribution in [0.4, 0.5) is 0 Å². The summed E-state index contributed by atoms with van der Waals surface area (Å²) in [6, 6.07) is 11.8. The van der Waals surface area contributed by atoms with E-state index < -0.39 is 0 Å². The van der Waals surface area contributed by atoms with E-state index in [0.717, 1.165) is 41.4 Å². The van der Waals surface area contributed by atoms with Gasteiger partial charge in [-0.15, -0.1) is 11.3 Å². The summed E-state index contributed by atoms with van der Waals surface area (Å²) < 4.78 is 5.38. The third kappa shape index (κ3) is 2.73. The van der Waals surface area contributed by atoms with Gasteiger partial charge in [-0.25, -0.2) is 4.98 Å². The monoisotopic (exact) mass is 339 g/mol. The molecule has 0 aliphatic carbocycles. The predicted molar refractivity (Wildman–Crippen MR) is 91.8 cm³/mol. The molecule has 3 heterocycles. The van der Waals surface area contributed by atoms with Crippen LogP contribution in [-0.4, -0.2) is 27.5 Å². The summed E-state index contributed by atoms with van der Waals surface area (Å²) in [6.07, 6.45) is 3.56. The smallest absolute Gasteiger partial charge is 0.266 e. The number of amides is 1. The average molecular weight is 339 g/mol. The molecule has 1 aliphatic heterocycles. The van der Waals surface area contributed by atoms with Crippen LogP contribution in [0.3, 0.4) is 0 Å². The van der Waals surface area contributed by atoms with Gasteiger partial charge in [0, 0.05) is 18.2 Å². The van der Waals surface area contributed by atoms with E-state index in [9.17, 15) is 4.79 Å². The Morgan fingerprint density at radius 2 is 2.17 bits per heavy atom. The van der Waals surface area contributed by atoms with Crippen molar-refractivity contribution in [2.24, 2.45) is 0 Å². The van der Waals surface area contributed by atoms with Crippen LogP contribution in [0.15, 0.2) is 47.1 Å². The van der Waals surface area contributed by atoms with Crippen molar-refractivity contribution in [1.82, 2.24) is 15.0 Å². The maximum absolute atomic E-state index is 12.9. The highest BCUT2D eigenvalue weighted by atomic mass is 32.1. The minimum atomic E-state index is -0.0269. The van der Waals surface area contributed by atoms with Crippen molar-refractivity contribution in [1.29, 1.82) is 0 Å². The van der Waals surface area contributed by atoms with E-state index in [2.05, 4.69) is 10.1 Å². The van der Waals surface area contributed by atoms with Gasteiger partial charge in [-0.05, 0) is 19.8 Å². The molecule has 5 nitrogen and oxygen atoms in total. The van der Waals surface area contributed by atoms with Crippen LogP contribution in [0, 0.1) is 6.92 Å². The van der Waals surface area contributed by atoms with Gasteiger partial charge in [-0.3, -0.25) is 4.79 Å². The lowest BCUT2D eigenvalue weighted by atomic mass is 10.1. The first kappa shape index (κ1) is 15.1. The molecule has 6 heteroatoms. The van der Waals surface area contributed by atoms with Crippen LogP contribution < -0.4 is 0 Å². The Bertz CT molecular complexity index is 856. The van der Waals surface area contributed by atoms with Crippen LogP contribution in [0.25, 0.3) is 10.6 Å². The van der Waals surface area contributed by atoms with Crippen LogP contribution in [0.1, 0.15) is 40.0 Å². The van der Waals surface area contributed by atoms with E-state index in [0.29, 0.717) is 4.88 Å². The molecule has 1 amide bonds. The fraction of sp³-hybridized carbons (Fsp3) is 0.278. The number of likely N-dealkylation sites (tertiary alicyclic amines) is 1. The molecule has 0 bridgehead atoms. The Morgan fingerprint density at radius 3 is 2.92 bits per heavy atom. The van der Waals surface area contributed by atoms with Crippen molar-refractivity contribution in [3.8, 4) is 10.6 Å². The van der Waals surface area contributed by atoms with Gasteiger partial charge in [0.2, 0.25) is 0 Å². The molecule has 4 rings (SSSR count). The van der Waals surface area contributed by atoms with E-state index in [-0.39, 0.29) is 11.9 Å². The lowest BCUT2D eigenvalue weighted by Crippen LogP contribution is -2.29. The molecule has 1 aromatic carbocycles. The van der Waals surface area contributed by atoms with E-state index in [1.807, 2.05) is 48.2 Å². The van der Waals surface area contributed by atoms with Gasteiger partial charge < -0.3 is 9.42 Å². The molecule has 1 aliphatic rings. The van der Waals surface area contributed by atoms with Crippen molar-refractivity contribution in [3.05, 3.63) is 58.9 Å². The molecule has 0 N–H and O–H groups in total. The number of thiazole rings is 1. The lowest BCUT2D eigenvalue weighted by molar-refractivity contribution is 0.0719. The summed E-state index contributed by atoms with van der Waals surface area (Å²) in [7, 11) is 0. The summed E-state index contributed by atoms with van der Waals surface area (Å²) in [5.74, 6) is 0.789. The number of hydrogen-bond donors (Lipinski definition) is 0. The van der Waals surface area contributed by atoms with Gasteiger partial charge in [-0.1, -0.05) is 35.5 Å². The third-order valence-electron chi connectivity index (χ3n) is 4.23. The maximum Gasteiger partial charge on any atom is 0.266 e. The van der Waals surface area contributed by atoms with Gasteiger partial charge in [0.05, 0.1) is 17.9 Å². The van der Waals surface area contributed by atoms with Gasteiger partial charge >= 0.3 is 0 Å². The maximum atomic E-state index is 12.9. The Kier molecular flexibility index (Phi) is 3.90. The second kappa shape index (κ2) is 6.20. The molecular formula is C18H17N3O2S. The van der Waals surface area contributed by atoms with Crippen LogP contribution in [0.2, 0.25) is 0 Å². The second-order valence-corrected chi connectivity index (χ2v) is 6.95. The highest BCUT2D eigenvalue weighted by molar-refractivity contribution is 7.16. The molecular weight excluding hydrogens is 322 g/mol. The molecule has 1 fully saturated rings. The molecule has 0 saturated carbocycles. The topological polar surface area (TPSA) is 59.2 Å². The molecule has 0 radical (unpaired) electrons. The molecule has 122 valence electrons. The van der Waals surface area contributed by atoms with Crippen molar-refractivity contribution in [2.45, 2.75) is 25.8 Å². The Hall–Kier alpha value is -2.47. The van der Waals surface area contributed by atoms with Crippen LogP contribution in [0.5, 0.6) is 0 Å². The van der Waals surface area contributed by atoms with Gasteiger partial charge in [0.1, 0.15) is 9.88 Å². The summed E-state index contributed by atoms with van der Waals surface area (Å²) >= 11 is 1.43. The van der Waals surface area contributed by atoms with Crippen molar-refractivity contribution < 1.29 is 9.32 Å². The number of carbonyl (C=O) groups excluding carboxylic acids is 1. The van der Waals surface area contributed by atoms with E-state index in [1.54, 1.807) is 6.20 Å². The zero-order valence-corrected chi connectivity index (χ0v) is 14.1. The number of carbonyl (C=O) groups is 1. The Labute approximate surface area is 143 Å². The van der Waals surface area contributed by atoms with E-state index >= 15 is 0 Å². The summed E-state index contributed by atoms with van der Waals surface area (Å²) in [5.41, 5.74) is 1.87. The minimum absolute atomic E-state index is 0.0197. The molecule has 3 aromatic rings. The third-order valence-corrected chi connectivity index (χ3v) is 5.26. The van der Waals surface area contributed by atoms with E-state index in [1.165, 1.54) is 11.3 Å². The predicted octanol–water partition coefficient (Wildman–Crippen LogP) is 4.08. The fourth-order valence-electron chi connectivity index (χ4n) is 3.07. The van der Waals surface area contributed by atoms with Crippen LogP contribution in [-0.2, 0) is 0 Å². The van der Waals surface area contributed by atoms with Crippen molar-refractivity contribution in [2.75, 3.05) is 6.54 Å². The normalized spacial score (nSPS) is 17.4. The first-order valence-electron chi connectivity index (χ1n) is 7.98. The van der Waals surface area contributed by atoms with Gasteiger partial charge in [0.15, 0.2) is 5.76 Å². The highest BCUT2D eigenvalue weighted by Gasteiger charge is 2.34. The second-order valence-electron chi connectivity index (χ2n) is 5.92. The van der Waals surface area contributed by atoms with Crippen molar-refractivity contribution in [3.63, 3.8) is 0 Å². The summed E-state index contributed by atoms with van der Waals surface area (Å²) in [6.45, 7) is 2.63. The van der Waals surface area contributed by atoms with E-state index in [4.69, 9.17) is 4.52 Å². The first-order chi connectivity index (χ1) is 11.7. The number of nitrogens with zero attached hydrogens (tertiary/aromatic N) is 3. The number of aromatic nitrogens is 2. The number of aryl methyl sites for hydroxylation is 1. The zero-order chi connectivity index (χ0) is 16.5. The summed E-state index contributed by atoms with van der Waals surface area (Å²) in [5, 5.41) is 4.81. The number of rotatable bonds is 3. The van der Waals surface area contributed by atoms with Crippen molar-refractivity contribution >= 4 is 17.2 Å². The Morgan fingerprint density at radius 1 is 1.33 bits per heavy atom. The van der Waals surface area contributed by atoms with Gasteiger partial charge in [0.25, 0.3) is 5.91 Å². The SMILES string of the molecule is Cc1cc([C@H]2CCCN2C(=O)c2cnc(-c3ccccc3)s2)on1. The minimum Gasteiger partial charge on any atom is -0.359 e. The number of hydrogen-bond acceptors (Lipinski definition) is 5. The molecule has 1 saturated heterocycles. The fourth-order valence-corrected chi connectivity index (χ4v) is 3.95. The lowest BCUT2D eigenvalue weighted by Gasteiger charge is -2.21. The first-order valence-corrected chi connectivity index (χ1v) is 8.79. The Balaban J connectivity index is 1.58. The number of benzene rings is 1. The molecule has 24 heavy (non-hydrogen) atoms. The van der Waals surface area contributed by atoms with Crippen LogP contribution >= 0.6 is 11.3 Å². The molecule has 2 aromatic heterocycles. The highest BCUT2D eigenvalue weighted by Crippen LogP contribution is 2.35. The molecule has 0 spiro atoms. The standard InChI is InChI=1S/C18H17N3O2S/c1-12-10-15(23-20-12)14-8-5-9-21(14)18(22)16-11-19-17(24-16)13-6-3-2-4-7-13/h2-4,6-7,10-11,14H,5,8-9H2,1H3/t14-/m1/s1. The van der Waals surface area contributed by atoms with Gasteiger partial charge in [-0.2, -0.15) is 0 Å². The molecule has 0 unspecified atom stereocenters. The average Bonchev–Trinajstić information content (AvgIpc) is 3.35. The molecule has 1 atom stereocenters. The quantitative estimate of drug-likeness (QED) is 0.721. The summed E-state index contributed by atoms with van der Waals surface area (Å²) in [4.78, 5) is 19.9. The largest absolute Gasteiger partial charge is 0.359 e.